The van der Waals surface area contributed by atoms with Crippen LogP contribution < -0.4 is 11.1 Å². The highest BCUT2D eigenvalue weighted by molar-refractivity contribution is 5.82. The van der Waals surface area contributed by atoms with Crippen LogP contribution in [0.1, 0.15) is 33.6 Å². The molecule has 0 aliphatic carbocycles. The van der Waals surface area contributed by atoms with E-state index in [-0.39, 0.29) is 29.9 Å². The number of ether oxygens (including phenoxy) is 1. The molecule has 0 radical (unpaired) electrons. The van der Waals surface area contributed by atoms with Crippen molar-refractivity contribution in [3.63, 3.8) is 0 Å². The molecule has 0 bridgehead atoms. The van der Waals surface area contributed by atoms with Crippen LogP contribution in [0.2, 0.25) is 0 Å². The molecule has 6 heteroatoms. The van der Waals surface area contributed by atoms with Crippen LogP contribution in [0.4, 0.5) is 0 Å². The summed E-state index contributed by atoms with van der Waals surface area (Å²) < 4.78 is 4.84. The molecular formula is C14H27N3O3. The van der Waals surface area contributed by atoms with Crippen molar-refractivity contribution in [3.8, 4) is 0 Å². The molecule has 1 fully saturated rings. The first-order chi connectivity index (χ1) is 9.25. The molecule has 1 heterocycles. The fourth-order valence-electron chi connectivity index (χ4n) is 2.17. The first-order valence-electron chi connectivity index (χ1n) is 7.08. The summed E-state index contributed by atoms with van der Waals surface area (Å²) >= 11 is 0. The normalized spacial score (nSPS) is 18.8. The zero-order valence-corrected chi connectivity index (χ0v) is 12.9. The Kier molecular flexibility index (Phi) is 5.95. The monoisotopic (exact) mass is 285 g/mol. The Morgan fingerprint density at radius 2 is 1.90 bits per heavy atom. The minimum atomic E-state index is -0.518. The lowest BCUT2D eigenvalue weighted by atomic mass is 9.86. The molecule has 2 amide bonds. The van der Waals surface area contributed by atoms with Crippen LogP contribution in [0.15, 0.2) is 0 Å². The fraction of sp³-hybridized carbons (Fsp3) is 0.857. The van der Waals surface area contributed by atoms with Gasteiger partial charge in [0, 0.05) is 26.2 Å². The average molecular weight is 285 g/mol. The maximum atomic E-state index is 12.0. The largest absolute Gasteiger partial charge is 0.375 e. The van der Waals surface area contributed by atoms with Crippen LogP contribution in [0.25, 0.3) is 0 Å². The number of piperidine rings is 1. The lowest BCUT2D eigenvalue weighted by Crippen LogP contribution is -2.54. The minimum absolute atomic E-state index is 0.00340. The predicted molar refractivity (Wildman–Crippen MR) is 77.1 cm³/mol. The second-order valence-electron chi connectivity index (χ2n) is 6.44. The van der Waals surface area contributed by atoms with Gasteiger partial charge in [-0.25, -0.2) is 0 Å². The molecule has 116 valence electrons. The molecule has 0 saturated carbocycles. The molecule has 1 aliphatic rings. The van der Waals surface area contributed by atoms with Gasteiger partial charge in [0.1, 0.15) is 6.61 Å². The molecule has 3 N–H and O–H groups in total. The third-order valence-corrected chi connectivity index (χ3v) is 3.68. The summed E-state index contributed by atoms with van der Waals surface area (Å²) in [6.45, 7) is 7.26. The van der Waals surface area contributed by atoms with Crippen molar-refractivity contribution in [2.24, 2.45) is 11.1 Å². The molecule has 0 aromatic carbocycles. The van der Waals surface area contributed by atoms with Crippen LogP contribution in [-0.2, 0) is 14.3 Å². The number of amides is 2. The van der Waals surface area contributed by atoms with Crippen molar-refractivity contribution in [3.05, 3.63) is 0 Å². The first-order valence-corrected chi connectivity index (χ1v) is 7.08. The lowest BCUT2D eigenvalue weighted by Gasteiger charge is -2.34. The van der Waals surface area contributed by atoms with E-state index in [9.17, 15) is 9.59 Å². The van der Waals surface area contributed by atoms with Crippen LogP contribution in [0.3, 0.4) is 0 Å². The molecule has 0 aromatic heterocycles. The molecule has 0 spiro atoms. The molecule has 1 atom stereocenters. The number of nitrogens with zero attached hydrogens (tertiary/aromatic N) is 1. The second-order valence-corrected chi connectivity index (χ2v) is 6.44. The summed E-state index contributed by atoms with van der Waals surface area (Å²) in [4.78, 5) is 25.5. The number of hydrogen-bond acceptors (Lipinski definition) is 4. The molecule has 1 rings (SSSR count). The minimum Gasteiger partial charge on any atom is -0.375 e. The topological polar surface area (TPSA) is 84.7 Å². The van der Waals surface area contributed by atoms with E-state index in [1.54, 1.807) is 4.90 Å². The van der Waals surface area contributed by atoms with Crippen LogP contribution in [-0.4, -0.2) is 55.6 Å². The van der Waals surface area contributed by atoms with Gasteiger partial charge in [0.05, 0.1) is 6.04 Å². The van der Waals surface area contributed by atoms with E-state index >= 15 is 0 Å². The Bertz CT molecular complexity index is 344. The van der Waals surface area contributed by atoms with Gasteiger partial charge < -0.3 is 20.7 Å². The van der Waals surface area contributed by atoms with E-state index in [0.717, 1.165) is 12.8 Å². The summed E-state index contributed by atoms with van der Waals surface area (Å²) in [6, 6.07) is -0.418. The quantitative estimate of drug-likeness (QED) is 0.768. The highest BCUT2D eigenvalue weighted by Crippen LogP contribution is 2.18. The van der Waals surface area contributed by atoms with E-state index in [4.69, 9.17) is 10.5 Å². The first kappa shape index (κ1) is 16.9. The number of likely N-dealkylation sites (tertiary alicyclic amines) is 1. The number of rotatable bonds is 4. The van der Waals surface area contributed by atoms with Gasteiger partial charge in [-0.3, -0.25) is 9.59 Å². The maximum absolute atomic E-state index is 12.0. The molecule has 0 aromatic rings. The van der Waals surface area contributed by atoms with Gasteiger partial charge in [0.2, 0.25) is 11.8 Å². The van der Waals surface area contributed by atoms with E-state index in [1.165, 1.54) is 7.11 Å². The summed E-state index contributed by atoms with van der Waals surface area (Å²) in [7, 11) is 1.51. The smallest absolute Gasteiger partial charge is 0.248 e. The number of methoxy groups -OCH3 is 1. The van der Waals surface area contributed by atoms with E-state index < -0.39 is 6.04 Å². The third kappa shape index (κ3) is 4.76. The van der Waals surface area contributed by atoms with Crippen molar-refractivity contribution >= 4 is 11.8 Å². The number of carbonyl (C=O) groups is 2. The van der Waals surface area contributed by atoms with Crippen molar-refractivity contribution in [1.29, 1.82) is 0 Å². The van der Waals surface area contributed by atoms with Crippen LogP contribution in [0.5, 0.6) is 0 Å². The average Bonchev–Trinajstić information content (AvgIpc) is 2.37. The predicted octanol–water partition coefficient (Wildman–Crippen LogP) is 0.113. The highest BCUT2D eigenvalue weighted by Gasteiger charge is 2.30. The van der Waals surface area contributed by atoms with Gasteiger partial charge in [0.25, 0.3) is 0 Å². The second kappa shape index (κ2) is 7.04. The van der Waals surface area contributed by atoms with Gasteiger partial charge in [0.15, 0.2) is 0 Å². The fourth-order valence-corrected chi connectivity index (χ4v) is 2.17. The van der Waals surface area contributed by atoms with Gasteiger partial charge in [-0.05, 0) is 18.3 Å². The standard InChI is InChI=1S/C14H27N3O3/c1-14(2,3)12(15)13(19)16-10-5-7-17(8-6-10)11(18)9-20-4/h10,12H,5-9,15H2,1-4H3,(H,16,19). The van der Waals surface area contributed by atoms with Gasteiger partial charge >= 0.3 is 0 Å². The van der Waals surface area contributed by atoms with E-state index in [1.807, 2.05) is 20.8 Å². The number of nitrogens with two attached hydrogens (primary N) is 1. The Hall–Kier alpha value is -1.14. The summed E-state index contributed by atoms with van der Waals surface area (Å²) in [5, 5.41) is 2.98. The molecule has 1 saturated heterocycles. The number of hydrogen-bond donors (Lipinski definition) is 2. The zero-order chi connectivity index (χ0) is 15.3. The summed E-state index contributed by atoms with van der Waals surface area (Å²) in [5.74, 6) is -0.108. The summed E-state index contributed by atoms with van der Waals surface area (Å²) in [5.41, 5.74) is 5.68. The van der Waals surface area contributed by atoms with Crippen molar-refractivity contribution < 1.29 is 14.3 Å². The van der Waals surface area contributed by atoms with Gasteiger partial charge in [-0.15, -0.1) is 0 Å². The Morgan fingerprint density at radius 1 is 1.35 bits per heavy atom. The number of carbonyl (C=O) groups excluding carboxylic acids is 2. The Morgan fingerprint density at radius 3 is 2.35 bits per heavy atom. The Labute approximate surface area is 121 Å². The lowest BCUT2D eigenvalue weighted by molar-refractivity contribution is -0.136. The van der Waals surface area contributed by atoms with E-state index in [2.05, 4.69) is 5.32 Å². The molecule has 1 unspecified atom stereocenters. The number of nitrogens with one attached hydrogen (secondary N) is 1. The third-order valence-electron chi connectivity index (χ3n) is 3.68. The van der Waals surface area contributed by atoms with Crippen molar-refractivity contribution in [2.45, 2.75) is 45.7 Å². The SMILES string of the molecule is COCC(=O)N1CCC(NC(=O)C(N)C(C)(C)C)CC1. The highest BCUT2D eigenvalue weighted by atomic mass is 16.5. The zero-order valence-electron chi connectivity index (χ0n) is 12.9. The Balaban J connectivity index is 2.39. The molecule has 20 heavy (non-hydrogen) atoms. The van der Waals surface area contributed by atoms with Crippen LogP contribution in [0, 0.1) is 5.41 Å². The molecule has 6 nitrogen and oxygen atoms in total. The summed E-state index contributed by atoms with van der Waals surface area (Å²) in [6.07, 6.45) is 1.52. The van der Waals surface area contributed by atoms with E-state index in [0.29, 0.717) is 13.1 Å². The maximum Gasteiger partial charge on any atom is 0.248 e. The van der Waals surface area contributed by atoms with Gasteiger partial charge in [-0.2, -0.15) is 0 Å². The van der Waals surface area contributed by atoms with Gasteiger partial charge in [-0.1, -0.05) is 20.8 Å². The molecule has 1 aliphatic heterocycles. The van der Waals surface area contributed by atoms with Crippen LogP contribution >= 0.6 is 0 Å². The van der Waals surface area contributed by atoms with Crippen molar-refractivity contribution in [1.82, 2.24) is 10.2 Å². The molecular weight excluding hydrogens is 258 g/mol. The van der Waals surface area contributed by atoms with Crippen molar-refractivity contribution in [2.75, 3.05) is 26.8 Å².